The number of rotatable bonds is 7. The number of aromatic nitrogens is 2. The molecule has 1 aromatic rings. The van der Waals surface area contributed by atoms with Crippen LogP contribution in [0.3, 0.4) is 0 Å². The molecule has 0 radical (unpaired) electrons. The maximum Gasteiger partial charge on any atom is 0.257 e. The Morgan fingerprint density at radius 2 is 1.76 bits per heavy atom. The van der Waals surface area contributed by atoms with Crippen LogP contribution in [0.5, 0.6) is 11.8 Å². The predicted molar refractivity (Wildman–Crippen MR) is 95.2 cm³/mol. The van der Waals surface area contributed by atoms with Gasteiger partial charge in [-0.1, -0.05) is 39.5 Å². The maximum atomic E-state index is 12.8. The lowest BCUT2D eigenvalue weighted by atomic mass is 9.91. The number of imide groups is 1. The van der Waals surface area contributed by atoms with Gasteiger partial charge in [0.15, 0.2) is 5.16 Å². The highest BCUT2D eigenvalue weighted by molar-refractivity contribution is 8.00. The van der Waals surface area contributed by atoms with Gasteiger partial charge < -0.3 is 9.47 Å². The molecule has 0 saturated carbocycles. The number of methoxy groups -OCH3 is 2. The molecule has 0 aromatic carbocycles. The third-order valence-electron chi connectivity index (χ3n) is 3.28. The second-order valence-corrected chi connectivity index (χ2v) is 7.52. The lowest BCUT2D eigenvalue weighted by Crippen LogP contribution is -2.50. The zero-order chi connectivity index (χ0) is 19.2. The quantitative estimate of drug-likeness (QED) is 0.255. The SMILES string of the molecule is CCCC(=O)N(N)C(=O)C(Sc1nc(OC)cc(OC)n1)C(C)(C)C. The fraction of sp³-hybridized carbons (Fsp3) is 0.625. The van der Waals surface area contributed by atoms with Gasteiger partial charge in [-0.05, 0) is 11.8 Å². The molecule has 0 fully saturated rings. The van der Waals surface area contributed by atoms with Crippen molar-refractivity contribution in [3.05, 3.63) is 6.07 Å². The van der Waals surface area contributed by atoms with Crippen LogP contribution in [-0.2, 0) is 9.59 Å². The highest BCUT2D eigenvalue weighted by atomic mass is 32.2. The van der Waals surface area contributed by atoms with E-state index in [9.17, 15) is 9.59 Å². The smallest absolute Gasteiger partial charge is 0.257 e. The van der Waals surface area contributed by atoms with E-state index in [1.165, 1.54) is 20.3 Å². The van der Waals surface area contributed by atoms with Crippen molar-refractivity contribution in [2.75, 3.05) is 14.2 Å². The first kappa shape index (κ1) is 21.2. The van der Waals surface area contributed by atoms with Crippen molar-refractivity contribution in [3.63, 3.8) is 0 Å². The van der Waals surface area contributed by atoms with E-state index >= 15 is 0 Å². The molecule has 1 heterocycles. The van der Waals surface area contributed by atoms with Crippen LogP contribution in [0.4, 0.5) is 0 Å². The van der Waals surface area contributed by atoms with E-state index in [1.54, 1.807) is 0 Å². The van der Waals surface area contributed by atoms with Gasteiger partial charge in [-0.25, -0.2) is 10.9 Å². The summed E-state index contributed by atoms with van der Waals surface area (Å²) in [6.45, 7) is 7.51. The fourth-order valence-corrected chi connectivity index (χ4v) is 3.00. The van der Waals surface area contributed by atoms with Crippen LogP contribution in [0.2, 0.25) is 0 Å². The topological polar surface area (TPSA) is 108 Å². The molecule has 0 spiro atoms. The Balaban J connectivity index is 3.13. The molecule has 1 atom stereocenters. The number of nitrogens with zero attached hydrogens (tertiary/aromatic N) is 3. The number of ether oxygens (including phenoxy) is 2. The normalized spacial score (nSPS) is 12.4. The van der Waals surface area contributed by atoms with Crippen LogP contribution in [-0.4, -0.2) is 46.3 Å². The zero-order valence-electron chi connectivity index (χ0n) is 15.5. The van der Waals surface area contributed by atoms with Gasteiger partial charge in [-0.2, -0.15) is 9.97 Å². The number of carbonyl (C=O) groups excluding carboxylic acids is 2. The zero-order valence-corrected chi connectivity index (χ0v) is 16.3. The number of nitrogens with two attached hydrogens (primary N) is 1. The van der Waals surface area contributed by atoms with E-state index in [4.69, 9.17) is 15.3 Å². The van der Waals surface area contributed by atoms with E-state index in [1.807, 2.05) is 27.7 Å². The Morgan fingerprint density at radius 1 is 1.24 bits per heavy atom. The van der Waals surface area contributed by atoms with Gasteiger partial charge in [0.25, 0.3) is 5.91 Å². The number of carbonyl (C=O) groups is 2. The Hall–Kier alpha value is -1.87. The lowest BCUT2D eigenvalue weighted by Gasteiger charge is -2.30. The van der Waals surface area contributed by atoms with Gasteiger partial charge in [0.2, 0.25) is 17.7 Å². The van der Waals surface area contributed by atoms with Crippen LogP contribution in [0, 0.1) is 5.41 Å². The summed E-state index contributed by atoms with van der Waals surface area (Å²) in [6.07, 6.45) is 0.830. The van der Waals surface area contributed by atoms with Gasteiger partial charge in [-0.3, -0.25) is 9.59 Å². The molecule has 0 aliphatic carbocycles. The van der Waals surface area contributed by atoms with Gasteiger partial charge in [0.05, 0.1) is 25.5 Å². The average molecular weight is 370 g/mol. The minimum absolute atomic E-state index is 0.216. The van der Waals surface area contributed by atoms with Crippen molar-refractivity contribution in [1.29, 1.82) is 0 Å². The summed E-state index contributed by atoms with van der Waals surface area (Å²) in [6, 6.07) is 1.54. The second kappa shape index (κ2) is 9.00. The monoisotopic (exact) mass is 370 g/mol. The highest BCUT2D eigenvalue weighted by Crippen LogP contribution is 2.36. The van der Waals surface area contributed by atoms with Crippen LogP contribution in [0.1, 0.15) is 40.5 Å². The highest BCUT2D eigenvalue weighted by Gasteiger charge is 2.37. The molecule has 9 heteroatoms. The number of hydrogen-bond donors (Lipinski definition) is 1. The van der Waals surface area contributed by atoms with Crippen molar-refractivity contribution in [1.82, 2.24) is 15.0 Å². The molecule has 1 rings (SSSR count). The third-order valence-corrected chi connectivity index (χ3v) is 4.82. The molecule has 25 heavy (non-hydrogen) atoms. The summed E-state index contributed by atoms with van der Waals surface area (Å²) in [4.78, 5) is 33.2. The number of amides is 2. The van der Waals surface area contributed by atoms with Crippen LogP contribution >= 0.6 is 11.8 Å². The number of thioether (sulfide) groups is 1. The molecule has 1 unspecified atom stereocenters. The van der Waals surface area contributed by atoms with E-state index in [0.29, 0.717) is 28.3 Å². The van der Waals surface area contributed by atoms with Gasteiger partial charge in [0.1, 0.15) is 0 Å². The van der Waals surface area contributed by atoms with E-state index in [-0.39, 0.29) is 6.42 Å². The minimum atomic E-state index is -0.657. The lowest BCUT2D eigenvalue weighted by molar-refractivity contribution is -0.145. The summed E-state index contributed by atoms with van der Waals surface area (Å²) in [5, 5.41) is 0.347. The summed E-state index contributed by atoms with van der Waals surface area (Å²) < 4.78 is 10.2. The summed E-state index contributed by atoms with van der Waals surface area (Å²) >= 11 is 1.12. The molecule has 0 aliphatic heterocycles. The molecule has 1 aromatic heterocycles. The predicted octanol–water partition coefficient (Wildman–Crippen LogP) is 2.03. The second-order valence-electron chi connectivity index (χ2n) is 6.45. The van der Waals surface area contributed by atoms with Crippen molar-refractivity contribution in [2.24, 2.45) is 11.3 Å². The van der Waals surface area contributed by atoms with Crippen LogP contribution in [0.25, 0.3) is 0 Å². The minimum Gasteiger partial charge on any atom is -0.481 e. The molecule has 0 aliphatic rings. The van der Waals surface area contributed by atoms with Gasteiger partial charge in [-0.15, -0.1) is 0 Å². The van der Waals surface area contributed by atoms with Crippen LogP contribution in [0.15, 0.2) is 11.2 Å². The molecular formula is C16H26N4O4S. The Morgan fingerprint density at radius 3 is 2.16 bits per heavy atom. The maximum absolute atomic E-state index is 12.8. The van der Waals surface area contributed by atoms with Crippen molar-refractivity contribution < 1.29 is 19.1 Å². The van der Waals surface area contributed by atoms with Crippen LogP contribution < -0.4 is 15.3 Å². The Labute approximate surface area is 152 Å². The van der Waals surface area contributed by atoms with Crippen molar-refractivity contribution in [3.8, 4) is 11.8 Å². The summed E-state index contributed by atoms with van der Waals surface area (Å²) in [5.41, 5.74) is -0.481. The number of hydrazine groups is 1. The van der Waals surface area contributed by atoms with E-state index in [0.717, 1.165) is 11.8 Å². The van der Waals surface area contributed by atoms with Gasteiger partial charge in [0, 0.05) is 6.42 Å². The molecule has 140 valence electrons. The van der Waals surface area contributed by atoms with Gasteiger partial charge >= 0.3 is 0 Å². The fourth-order valence-electron chi connectivity index (χ4n) is 1.93. The standard InChI is InChI=1S/C16H26N4O4S/c1-7-8-12(21)20(17)14(22)13(16(2,3)4)25-15-18-10(23-5)9-11(19-15)24-6/h9,13H,7-8,17H2,1-6H3. The first-order chi connectivity index (χ1) is 11.6. The first-order valence-electron chi connectivity index (χ1n) is 7.89. The molecule has 2 N–H and O–H groups in total. The van der Waals surface area contributed by atoms with E-state index < -0.39 is 22.5 Å². The molecule has 0 bridgehead atoms. The number of hydrogen-bond acceptors (Lipinski definition) is 8. The largest absolute Gasteiger partial charge is 0.481 e. The van der Waals surface area contributed by atoms with E-state index in [2.05, 4.69) is 9.97 Å². The first-order valence-corrected chi connectivity index (χ1v) is 8.77. The Kier molecular flexibility index (Phi) is 7.62. The molecule has 2 amide bonds. The van der Waals surface area contributed by atoms with Crippen molar-refractivity contribution in [2.45, 2.75) is 50.9 Å². The molecular weight excluding hydrogens is 344 g/mol. The third kappa shape index (κ3) is 5.86. The molecule has 8 nitrogen and oxygen atoms in total. The summed E-state index contributed by atoms with van der Waals surface area (Å²) in [7, 11) is 2.96. The summed E-state index contributed by atoms with van der Waals surface area (Å²) in [5.74, 6) is 5.49. The molecule has 0 saturated heterocycles. The Bertz CT molecular complexity index is 596. The van der Waals surface area contributed by atoms with Crippen molar-refractivity contribution >= 4 is 23.6 Å². The average Bonchev–Trinajstić information content (AvgIpc) is 2.57.